The molecular weight excluding hydrogens is 467 g/mol. The summed E-state index contributed by atoms with van der Waals surface area (Å²) in [6.07, 6.45) is 5.43. The molecule has 0 radical (unpaired) electrons. The lowest BCUT2D eigenvalue weighted by molar-refractivity contribution is 0.294. The van der Waals surface area contributed by atoms with Crippen LogP contribution in [0.4, 0.5) is 4.39 Å². The Bertz CT molecular complexity index is 1560. The van der Waals surface area contributed by atoms with E-state index in [1.165, 1.54) is 23.0 Å². The van der Waals surface area contributed by atoms with Crippen molar-refractivity contribution < 1.29 is 4.39 Å². The number of aryl methyl sites for hydroxylation is 2. The van der Waals surface area contributed by atoms with E-state index in [-0.39, 0.29) is 16.8 Å². The van der Waals surface area contributed by atoms with Gasteiger partial charge in [-0.3, -0.25) is 9.36 Å². The molecular formula is C29H29FN6O. The maximum absolute atomic E-state index is 14.2. The monoisotopic (exact) mass is 496 g/mol. The van der Waals surface area contributed by atoms with Crippen LogP contribution in [0.2, 0.25) is 0 Å². The molecule has 1 aliphatic rings. The van der Waals surface area contributed by atoms with Gasteiger partial charge in [-0.1, -0.05) is 29.3 Å². The number of rotatable bonds is 6. The van der Waals surface area contributed by atoms with Crippen molar-refractivity contribution in [1.82, 2.24) is 24.8 Å². The molecule has 2 aromatic heterocycles. The first kappa shape index (κ1) is 24.8. The zero-order chi connectivity index (χ0) is 26.1. The summed E-state index contributed by atoms with van der Waals surface area (Å²) in [6, 6.07) is 12.5. The summed E-state index contributed by atoms with van der Waals surface area (Å²) in [6.45, 7) is 6.49. The largest absolute Gasteiger partial charge is 0.313 e. The quantitative estimate of drug-likeness (QED) is 0.429. The van der Waals surface area contributed by atoms with Crippen molar-refractivity contribution in [1.29, 1.82) is 5.26 Å². The Morgan fingerprint density at radius 3 is 2.65 bits per heavy atom. The number of nitrogens with one attached hydrogen (secondary N) is 1. The van der Waals surface area contributed by atoms with E-state index in [0.29, 0.717) is 23.6 Å². The number of hydrogen-bond donors (Lipinski definition) is 1. The van der Waals surface area contributed by atoms with Gasteiger partial charge >= 0.3 is 0 Å². The van der Waals surface area contributed by atoms with Gasteiger partial charge in [0.05, 0.1) is 22.7 Å². The highest BCUT2D eigenvalue weighted by molar-refractivity contribution is 5.86. The van der Waals surface area contributed by atoms with E-state index in [9.17, 15) is 14.4 Å². The van der Waals surface area contributed by atoms with Crippen molar-refractivity contribution >= 4 is 11.0 Å². The third-order valence-electron chi connectivity index (χ3n) is 6.84. The first-order valence-electron chi connectivity index (χ1n) is 12.4. The van der Waals surface area contributed by atoms with E-state index < -0.39 is 5.82 Å². The zero-order valence-electron chi connectivity index (χ0n) is 21.3. The summed E-state index contributed by atoms with van der Waals surface area (Å²) in [4.78, 5) is 25.2. The number of likely N-dealkylation sites (N-methyl/N-ethyl adjacent to an activating group) is 1. The Morgan fingerprint density at radius 1 is 1.16 bits per heavy atom. The van der Waals surface area contributed by atoms with Gasteiger partial charge in [0.2, 0.25) is 0 Å². The van der Waals surface area contributed by atoms with Gasteiger partial charge in [-0.05, 0) is 69.6 Å². The van der Waals surface area contributed by atoms with Gasteiger partial charge in [-0.2, -0.15) is 5.26 Å². The summed E-state index contributed by atoms with van der Waals surface area (Å²) < 4.78 is 15.5. The van der Waals surface area contributed by atoms with E-state index in [2.05, 4.69) is 45.4 Å². The lowest BCUT2D eigenvalue weighted by Gasteiger charge is -2.23. The molecule has 7 nitrogen and oxygen atoms in total. The lowest BCUT2D eigenvalue weighted by Crippen LogP contribution is -2.35. The van der Waals surface area contributed by atoms with Gasteiger partial charge in [-0.15, -0.1) is 0 Å². The second kappa shape index (κ2) is 10.2. The molecule has 188 valence electrons. The Kier molecular flexibility index (Phi) is 6.83. The Morgan fingerprint density at radius 2 is 1.95 bits per heavy atom. The van der Waals surface area contributed by atoms with Crippen molar-refractivity contribution in [2.45, 2.75) is 39.3 Å². The lowest BCUT2D eigenvalue weighted by atomic mass is 9.96. The zero-order valence-corrected chi connectivity index (χ0v) is 21.3. The number of hydrogen-bond acceptors (Lipinski definition) is 6. The molecule has 0 saturated carbocycles. The van der Waals surface area contributed by atoms with Crippen molar-refractivity contribution in [3.8, 4) is 22.9 Å². The van der Waals surface area contributed by atoms with Crippen LogP contribution < -0.4 is 10.9 Å². The highest BCUT2D eigenvalue weighted by Crippen LogP contribution is 2.30. The summed E-state index contributed by atoms with van der Waals surface area (Å²) >= 11 is 0. The van der Waals surface area contributed by atoms with Gasteiger partial charge in [0.1, 0.15) is 12.1 Å². The highest BCUT2D eigenvalue weighted by atomic mass is 19.1. The molecule has 1 N–H and O–H groups in total. The Labute approximate surface area is 215 Å². The summed E-state index contributed by atoms with van der Waals surface area (Å²) in [5.41, 5.74) is 5.32. The molecule has 1 aliphatic heterocycles. The molecule has 1 saturated heterocycles. The molecule has 3 heterocycles. The van der Waals surface area contributed by atoms with Gasteiger partial charge in [-0.25, -0.2) is 14.4 Å². The molecule has 0 amide bonds. The number of benzene rings is 2. The number of halogens is 1. The molecule has 37 heavy (non-hydrogen) atoms. The Balaban J connectivity index is 1.71. The van der Waals surface area contributed by atoms with Crippen molar-refractivity contribution in [3.05, 3.63) is 87.3 Å². The summed E-state index contributed by atoms with van der Waals surface area (Å²) in [7, 11) is 2.05. The molecule has 0 unspecified atom stereocenters. The Hall–Kier alpha value is -3.93. The van der Waals surface area contributed by atoms with Crippen molar-refractivity contribution in [2.24, 2.45) is 0 Å². The van der Waals surface area contributed by atoms with Crippen molar-refractivity contribution in [2.75, 3.05) is 20.1 Å². The maximum Gasteiger partial charge on any atom is 0.267 e. The fraction of sp³-hybridized carbons (Fsp3) is 0.310. The van der Waals surface area contributed by atoms with Gasteiger partial charge in [0, 0.05) is 30.9 Å². The van der Waals surface area contributed by atoms with E-state index in [0.717, 1.165) is 59.8 Å². The third kappa shape index (κ3) is 5.15. The number of pyridine rings is 1. The van der Waals surface area contributed by atoms with E-state index in [4.69, 9.17) is 0 Å². The fourth-order valence-corrected chi connectivity index (χ4v) is 5.27. The summed E-state index contributed by atoms with van der Waals surface area (Å²) in [5, 5.41) is 13.2. The number of nitrogens with zero attached hydrogens (tertiary/aromatic N) is 5. The minimum atomic E-state index is -0.591. The van der Waals surface area contributed by atoms with Crippen LogP contribution >= 0.6 is 0 Å². The predicted octanol–water partition coefficient (Wildman–Crippen LogP) is 4.26. The minimum Gasteiger partial charge on any atom is -0.313 e. The number of fused-ring (bicyclic) bond motifs is 1. The second-order valence-electron chi connectivity index (χ2n) is 9.95. The summed E-state index contributed by atoms with van der Waals surface area (Å²) in [5.74, 6) is -0.591. The predicted molar refractivity (Wildman–Crippen MR) is 142 cm³/mol. The van der Waals surface area contributed by atoms with Crippen LogP contribution in [0.1, 0.15) is 35.1 Å². The van der Waals surface area contributed by atoms with Crippen LogP contribution in [0.5, 0.6) is 0 Å². The molecule has 8 heteroatoms. The van der Waals surface area contributed by atoms with Crippen molar-refractivity contribution in [3.63, 3.8) is 0 Å². The average molecular weight is 497 g/mol. The minimum absolute atomic E-state index is 0.133. The molecule has 5 rings (SSSR count). The van der Waals surface area contributed by atoms with Crippen LogP contribution in [0.3, 0.4) is 0 Å². The van der Waals surface area contributed by atoms with Gasteiger partial charge in [0.25, 0.3) is 5.56 Å². The first-order chi connectivity index (χ1) is 17.8. The molecule has 1 atom stereocenters. The first-order valence-corrected chi connectivity index (χ1v) is 12.4. The molecule has 0 spiro atoms. The normalized spacial score (nSPS) is 15.4. The highest BCUT2D eigenvalue weighted by Gasteiger charge is 2.21. The van der Waals surface area contributed by atoms with Crippen LogP contribution in [0, 0.1) is 31.0 Å². The van der Waals surface area contributed by atoms with Crippen LogP contribution in [-0.4, -0.2) is 45.6 Å². The second-order valence-corrected chi connectivity index (χ2v) is 9.95. The SMILES string of the molecule is Cc1cc(C)cc(-c2cnc3ncn(-c4cc(F)cc(C#N)c4)c(=O)c3c2CN(C)C[C@@H]2CCCN2)c1. The van der Waals surface area contributed by atoms with Gasteiger partial charge in [0.15, 0.2) is 5.65 Å². The fourth-order valence-electron chi connectivity index (χ4n) is 5.27. The molecule has 0 bridgehead atoms. The number of aromatic nitrogens is 3. The average Bonchev–Trinajstić information content (AvgIpc) is 3.36. The topological polar surface area (TPSA) is 86.8 Å². The number of nitriles is 1. The third-order valence-corrected chi connectivity index (χ3v) is 6.84. The van der Waals surface area contributed by atoms with E-state index >= 15 is 0 Å². The standard InChI is InChI=1S/C29H29FN6O/c1-18-7-19(2)9-21(8-18)25-14-33-28-27(26(25)16-35(3)15-23-5-4-6-32-23)29(37)36(17-34-28)24-11-20(13-31)10-22(30)12-24/h7-12,14,17,23,32H,4-6,15-16H2,1-3H3/t23-/m0/s1. The van der Waals surface area contributed by atoms with Crippen LogP contribution in [0.15, 0.2) is 53.7 Å². The smallest absolute Gasteiger partial charge is 0.267 e. The van der Waals surface area contributed by atoms with E-state index in [1.807, 2.05) is 19.9 Å². The molecule has 4 aromatic rings. The van der Waals surface area contributed by atoms with Crippen LogP contribution in [0.25, 0.3) is 27.8 Å². The molecule has 0 aliphatic carbocycles. The van der Waals surface area contributed by atoms with Gasteiger partial charge < -0.3 is 10.2 Å². The molecule has 2 aromatic carbocycles. The molecule has 1 fully saturated rings. The maximum atomic E-state index is 14.2. The van der Waals surface area contributed by atoms with E-state index in [1.54, 1.807) is 6.20 Å². The van der Waals surface area contributed by atoms with Crippen LogP contribution in [-0.2, 0) is 6.54 Å².